The number of nitrogens with zero attached hydrogens (tertiary/aromatic N) is 2. The second kappa shape index (κ2) is 7.63. The third kappa shape index (κ3) is 3.92. The minimum atomic E-state index is -0.620. The van der Waals surface area contributed by atoms with E-state index in [1.54, 1.807) is 28.0 Å². The maximum atomic E-state index is 12.2. The van der Waals surface area contributed by atoms with Crippen LogP contribution in [0.25, 0.3) is 0 Å². The van der Waals surface area contributed by atoms with Crippen molar-refractivity contribution in [1.29, 1.82) is 0 Å². The smallest absolute Gasteiger partial charge is 0.344 e. The monoisotopic (exact) mass is 332 g/mol. The van der Waals surface area contributed by atoms with Crippen LogP contribution in [-0.2, 0) is 16.1 Å². The zero-order chi connectivity index (χ0) is 17.7. The molecule has 128 valence electrons. The van der Waals surface area contributed by atoms with E-state index in [-0.39, 0.29) is 18.1 Å². The second-order valence-electron chi connectivity index (χ2n) is 5.34. The van der Waals surface area contributed by atoms with E-state index in [0.717, 1.165) is 5.56 Å². The Labute approximate surface area is 140 Å². The van der Waals surface area contributed by atoms with Crippen LogP contribution in [0.15, 0.2) is 28.8 Å². The van der Waals surface area contributed by atoms with Crippen LogP contribution in [-0.4, -0.2) is 42.7 Å². The van der Waals surface area contributed by atoms with E-state index < -0.39 is 5.97 Å². The summed E-state index contributed by atoms with van der Waals surface area (Å²) in [5, 5.41) is 3.69. The van der Waals surface area contributed by atoms with Gasteiger partial charge in [0.05, 0.1) is 12.8 Å². The molecule has 1 aromatic carbocycles. The van der Waals surface area contributed by atoms with Gasteiger partial charge < -0.3 is 18.9 Å². The molecule has 1 aromatic heterocycles. The fourth-order valence-electron chi connectivity index (χ4n) is 2.26. The molecule has 2 rings (SSSR count). The van der Waals surface area contributed by atoms with Crippen LogP contribution >= 0.6 is 0 Å². The van der Waals surface area contributed by atoms with Crippen LogP contribution in [0.2, 0.25) is 0 Å². The Morgan fingerprint density at radius 2 is 1.96 bits per heavy atom. The molecule has 0 unspecified atom stereocenters. The molecular formula is C17H20N2O5. The Hall–Kier alpha value is -2.83. The first-order valence-electron chi connectivity index (χ1n) is 7.40. The number of carbonyl (C=O) groups is 2. The molecule has 0 aliphatic rings. The average Bonchev–Trinajstić information content (AvgIpc) is 2.91. The Morgan fingerprint density at radius 1 is 1.25 bits per heavy atom. The highest BCUT2D eigenvalue weighted by molar-refractivity contribution is 5.93. The molecule has 0 bridgehead atoms. The molecule has 2 aromatic rings. The molecule has 24 heavy (non-hydrogen) atoms. The number of para-hydroxylation sites is 1. The molecule has 1 heterocycles. The average molecular weight is 332 g/mol. The van der Waals surface area contributed by atoms with Crippen LogP contribution in [0.5, 0.6) is 5.75 Å². The van der Waals surface area contributed by atoms with Gasteiger partial charge in [0.2, 0.25) is 0 Å². The lowest BCUT2D eigenvalue weighted by Gasteiger charge is -2.18. The van der Waals surface area contributed by atoms with Crippen molar-refractivity contribution < 1.29 is 23.6 Å². The van der Waals surface area contributed by atoms with E-state index in [9.17, 15) is 9.59 Å². The van der Waals surface area contributed by atoms with Crippen LogP contribution in [0.1, 0.15) is 27.4 Å². The highest BCUT2D eigenvalue weighted by atomic mass is 16.5. The van der Waals surface area contributed by atoms with Gasteiger partial charge in [-0.2, -0.15) is 0 Å². The predicted octanol–water partition coefficient (Wildman–Crippen LogP) is 2.12. The number of amides is 1. The van der Waals surface area contributed by atoms with Crippen molar-refractivity contribution in [2.75, 3.05) is 20.8 Å². The molecule has 0 fully saturated rings. The fraction of sp³-hybridized carbons (Fsp3) is 0.353. The summed E-state index contributed by atoms with van der Waals surface area (Å²) in [6.45, 7) is 3.26. The number of hydrogen-bond donors (Lipinski definition) is 0. The fourth-order valence-corrected chi connectivity index (χ4v) is 2.26. The molecule has 0 N–H and O–H groups in total. The minimum absolute atomic E-state index is 0.259. The van der Waals surface area contributed by atoms with E-state index >= 15 is 0 Å². The number of aryl methyl sites for hydroxylation is 2. The lowest BCUT2D eigenvalue weighted by molar-refractivity contribution is -0.133. The number of methoxy groups -OCH3 is 1. The summed E-state index contributed by atoms with van der Waals surface area (Å²) >= 11 is 0. The van der Waals surface area contributed by atoms with Gasteiger partial charge in [0.15, 0.2) is 6.61 Å². The Morgan fingerprint density at radius 3 is 2.58 bits per heavy atom. The topological polar surface area (TPSA) is 81.9 Å². The lowest BCUT2D eigenvalue weighted by atomic mass is 10.2. The number of benzene rings is 1. The zero-order valence-electron chi connectivity index (χ0n) is 14.2. The normalized spacial score (nSPS) is 10.3. The van der Waals surface area contributed by atoms with Crippen LogP contribution in [0.4, 0.5) is 0 Å². The molecule has 0 spiro atoms. The standard InChI is InChI=1S/C17H20N2O5/c1-11-16(12(2)24-18-11)17(21)23-10-15(20)19(3)9-13-7-5-6-8-14(13)22-4/h5-8H,9-10H2,1-4H3. The van der Waals surface area contributed by atoms with Gasteiger partial charge in [-0.25, -0.2) is 4.79 Å². The van der Waals surface area contributed by atoms with Crippen LogP contribution in [0, 0.1) is 13.8 Å². The van der Waals surface area contributed by atoms with E-state index in [4.69, 9.17) is 14.0 Å². The maximum absolute atomic E-state index is 12.2. The van der Waals surface area contributed by atoms with Crippen molar-refractivity contribution in [3.63, 3.8) is 0 Å². The molecule has 0 atom stereocenters. The predicted molar refractivity (Wildman–Crippen MR) is 85.7 cm³/mol. The quantitative estimate of drug-likeness (QED) is 0.754. The Kier molecular flexibility index (Phi) is 5.57. The molecule has 0 aliphatic carbocycles. The van der Waals surface area contributed by atoms with Gasteiger partial charge in [0, 0.05) is 19.2 Å². The molecule has 0 radical (unpaired) electrons. The molecule has 0 saturated carbocycles. The van der Waals surface area contributed by atoms with Crippen molar-refractivity contribution in [2.45, 2.75) is 20.4 Å². The number of carbonyl (C=O) groups excluding carboxylic acids is 2. The summed E-state index contributed by atoms with van der Waals surface area (Å²) in [5.74, 6) is 0.128. The summed E-state index contributed by atoms with van der Waals surface area (Å²) < 4.78 is 15.2. The Bertz CT molecular complexity index is 719. The number of esters is 1. The van der Waals surface area contributed by atoms with Gasteiger partial charge in [0.1, 0.15) is 17.1 Å². The highest BCUT2D eigenvalue weighted by Crippen LogP contribution is 2.19. The van der Waals surface area contributed by atoms with Gasteiger partial charge in [0.25, 0.3) is 5.91 Å². The number of ether oxygens (including phenoxy) is 2. The molecule has 7 heteroatoms. The molecule has 7 nitrogen and oxygen atoms in total. The largest absolute Gasteiger partial charge is 0.496 e. The number of rotatable bonds is 6. The van der Waals surface area contributed by atoms with Crippen molar-refractivity contribution in [3.8, 4) is 5.75 Å². The maximum Gasteiger partial charge on any atom is 0.344 e. The SMILES string of the molecule is COc1ccccc1CN(C)C(=O)COC(=O)c1c(C)noc1C. The lowest BCUT2D eigenvalue weighted by Crippen LogP contribution is -2.31. The molecule has 0 saturated heterocycles. The summed E-state index contributed by atoms with van der Waals surface area (Å²) in [7, 11) is 3.21. The van der Waals surface area contributed by atoms with Crippen molar-refractivity contribution >= 4 is 11.9 Å². The first-order chi connectivity index (χ1) is 11.4. The first kappa shape index (κ1) is 17.5. The van der Waals surface area contributed by atoms with E-state index in [1.807, 2.05) is 24.3 Å². The van der Waals surface area contributed by atoms with Crippen molar-refractivity contribution in [1.82, 2.24) is 10.1 Å². The molecular weight excluding hydrogens is 312 g/mol. The van der Waals surface area contributed by atoms with Crippen molar-refractivity contribution in [3.05, 3.63) is 46.8 Å². The number of hydrogen-bond acceptors (Lipinski definition) is 6. The zero-order valence-corrected chi connectivity index (χ0v) is 14.2. The summed E-state index contributed by atoms with van der Waals surface area (Å²) in [6, 6.07) is 7.42. The summed E-state index contributed by atoms with van der Waals surface area (Å²) in [5.41, 5.74) is 1.57. The van der Waals surface area contributed by atoms with Crippen LogP contribution in [0.3, 0.4) is 0 Å². The van der Waals surface area contributed by atoms with Gasteiger partial charge in [-0.1, -0.05) is 23.4 Å². The minimum Gasteiger partial charge on any atom is -0.496 e. The van der Waals surface area contributed by atoms with E-state index in [2.05, 4.69) is 5.16 Å². The number of likely N-dealkylation sites (N-methyl/N-ethyl adjacent to an activating group) is 1. The van der Waals surface area contributed by atoms with Gasteiger partial charge >= 0.3 is 5.97 Å². The summed E-state index contributed by atoms with van der Waals surface area (Å²) in [6.07, 6.45) is 0. The van der Waals surface area contributed by atoms with Gasteiger partial charge in [-0.15, -0.1) is 0 Å². The van der Waals surface area contributed by atoms with Crippen molar-refractivity contribution in [2.24, 2.45) is 0 Å². The number of aromatic nitrogens is 1. The highest BCUT2D eigenvalue weighted by Gasteiger charge is 2.21. The molecule has 1 amide bonds. The van der Waals surface area contributed by atoms with E-state index in [0.29, 0.717) is 23.7 Å². The third-order valence-electron chi connectivity index (χ3n) is 3.59. The first-order valence-corrected chi connectivity index (χ1v) is 7.40. The Balaban J connectivity index is 1.93. The molecule has 0 aliphatic heterocycles. The van der Waals surface area contributed by atoms with E-state index in [1.165, 1.54) is 4.90 Å². The van der Waals surface area contributed by atoms with Crippen LogP contribution < -0.4 is 4.74 Å². The van der Waals surface area contributed by atoms with Gasteiger partial charge in [-0.05, 0) is 19.9 Å². The van der Waals surface area contributed by atoms with Gasteiger partial charge in [-0.3, -0.25) is 4.79 Å². The third-order valence-corrected chi connectivity index (χ3v) is 3.59. The second-order valence-corrected chi connectivity index (χ2v) is 5.34. The summed E-state index contributed by atoms with van der Waals surface area (Å²) in [4.78, 5) is 25.7.